The molecule has 1 atom stereocenters. The van der Waals surface area contributed by atoms with Gasteiger partial charge in [0.25, 0.3) is 0 Å². The molecule has 2 heterocycles. The van der Waals surface area contributed by atoms with Crippen molar-refractivity contribution in [3.05, 3.63) is 30.1 Å². The van der Waals surface area contributed by atoms with E-state index >= 15 is 0 Å². The van der Waals surface area contributed by atoms with Crippen molar-refractivity contribution in [2.24, 2.45) is 7.05 Å². The summed E-state index contributed by atoms with van der Waals surface area (Å²) in [6.45, 7) is 2.39. The van der Waals surface area contributed by atoms with Gasteiger partial charge < -0.3 is 14.6 Å². The third-order valence-electron chi connectivity index (χ3n) is 3.06. The Kier molecular flexibility index (Phi) is 2.38. The first kappa shape index (κ1) is 9.81. The summed E-state index contributed by atoms with van der Waals surface area (Å²) in [6.07, 6.45) is 0. The molecule has 1 aromatic heterocycles. The number of hydrogen-bond acceptors (Lipinski definition) is 3. The third kappa shape index (κ3) is 1.50. The molecule has 3 rings (SSSR count). The molecule has 16 heavy (non-hydrogen) atoms. The number of aromatic nitrogens is 2. The van der Waals surface area contributed by atoms with Crippen LogP contribution in [0.3, 0.4) is 0 Å². The Labute approximate surface area is 94.2 Å². The van der Waals surface area contributed by atoms with E-state index < -0.39 is 0 Å². The van der Waals surface area contributed by atoms with Crippen LogP contribution in [-0.2, 0) is 11.8 Å². The Morgan fingerprint density at radius 1 is 1.44 bits per heavy atom. The highest BCUT2D eigenvalue weighted by Gasteiger charge is 2.20. The van der Waals surface area contributed by atoms with E-state index in [0.29, 0.717) is 6.61 Å². The molecule has 4 nitrogen and oxygen atoms in total. The second kappa shape index (κ2) is 3.88. The van der Waals surface area contributed by atoms with Gasteiger partial charge in [-0.1, -0.05) is 12.1 Å². The smallest absolute Gasteiger partial charge is 0.129 e. The van der Waals surface area contributed by atoms with E-state index in [0.717, 1.165) is 24.5 Å². The highest BCUT2D eigenvalue weighted by molar-refractivity contribution is 5.75. The Morgan fingerprint density at radius 3 is 3.06 bits per heavy atom. The van der Waals surface area contributed by atoms with Crippen molar-refractivity contribution < 1.29 is 4.74 Å². The molecule has 1 aliphatic heterocycles. The molecule has 0 spiro atoms. The largest absolute Gasteiger partial charge is 0.378 e. The number of nitrogens with zero attached hydrogens (tertiary/aromatic N) is 2. The zero-order chi connectivity index (χ0) is 11.0. The van der Waals surface area contributed by atoms with Crippen molar-refractivity contribution >= 4 is 11.0 Å². The van der Waals surface area contributed by atoms with Crippen molar-refractivity contribution in [2.75, 3.05) is 19.8 Å². The van der Waals surface area contributed by atoms with Crippen LogP contribution in [0.4, 0.5) is 0 Å². The molecular weight excluding hydrogens is 202 g/mol. The predicted molar refractivity (Wildman–Crippen MR) is 62.3 cm³/mol. The lowest BCUT2D eigenvalue weighted by Gasteiger charge is -2.23. The molecule has 0 bridgehead atoms. The van der Waals surface area contributed by atoms with Crippen LogP contribution in [0.15, 0.2) is 24.3 Å². The molecular formula is C12H15N3O. The Morgan fingerprint density at radius 2 is 2.31 bits per heavy atom. The number of nitrogens with one attached hydrogen (secondary N) is 1. The summed E-state index contributed by atoms with van der Waals surface area (Å²) in [5.74, 6) is 1.06. The maximum atomic E-state index is 5.47. The molecule has 84 valence electrons. The number of rotatable bonds is 1. The number of para-hydroxylation sites is 2. The minimum Gasteiger partial charge on any atom is -0.378 e. The molecule has 2 aromatic rings. The molecule has 0 aliphatic carbocycles. The van der Waals surface area contributed by atoms with Gasteiger partial charge >= 0.3 is 0 Å². The van der Waals surface area contributed by atoms with Crippen LogP contribution in [0.1, 0.15) is 11.9 Å². The minimum atomic E-state index is 0.214. The van der Waals surface area contributed by atoms with E-state index in [9.17, 15) is 0 Å². The molecule has 1 unspecified atom stereocenters. The summed E-state index contributed by atoms with van der Waals surface area (Å²) >= 11 is 0. The highest BCUT2D eigenvalue weighted by atomic mass is 16.5. The molecule has 1 aromatic carbocycles. The summed E-state index contributed by atoms with van der Waals surface area (Å²) in [4.78, 5) is 4.66. The zero-order valence-electron chi connectivity index (χ0n) is 9.31. The predicted octanol–water partition coefficient (Wildman–Crippen LogP) is 1.23. The lowest BCUT2D eigenvalue weighted by Crippen LogP contribution is -2.36. The zero-order valence-corrected chi connectivity index (χ0v) is 9.31. The third-order valence-corrected chi connectivity index (χ3v) is 3.06. The Hall–Kier alpha value is -1.39. The lowest BCUT2D eigenvalue weighted by atomic mass is 10.2. The van der Waals surface area contributed by atoms with Crippen LogP contribution >= 0.6 is 0 Å². The number of imidazole rings is 1. The van der Waals surface area contributed by atoms with Crippen molar-refractivity contribution in [3.63, 3.8) is 0 Å². The van der Waals surface area contributed by atoms with E-state index in [4.69, 9.17) is 4.74 Å². The number of benzene rings is 1. The van der Waals surface area contributed by atoms with E-state index in [1.165, 1.54) is 5.52 Å². The van der Waals surface area contributed by atoms with Gasteiger partial charge in [-0.15, -0.1) is 0 Å². The van der Waals surface area contributed by atoms with Gasteiger partial charge in [0.2, 0.25) is 0 Å². The number of fused-ring (bicyclic) bond motifs is 1. The van der Waals surface area contributed by atoms with Gasteiger partial charge in [-0.2, -0.15) is 0 Å². The van der Waals surface area contributed by atoms with Crippen molar-refractivity contribution in [2.45, 2.75) is 6.04 Å². The second-order valence-corrected chi connectivity index (χ2v) is 4.10. The van der Waals surface area contributed by atoms with Crippen molar-refractivity contribution in [1.29, 1.82) is 0 Å². The standard InChI is InChI=1S/C12H15N3O/c1-15-11-5-3-2-4-9(11)14-12(15)10-8-16-7-6-13-10/h2-5,10,13H,6-8H2,1H3. The van der Waals surface area contributed by atoms with Crippen molar-refractivity contribution in [3.8, 4) is 0 Å². The fourth-order valence-electron chi connectivity index (χ4n) is 2.21. The van der Waals surface area contributed by atoms with Gasteiger partial charge in [0.15, 0.2) is 0 Å². The van der Waals surface area contributed by atoms with Gasteiger partial charge in [-0.25, -0.2) is 4.98 Å². The van der Waals surface area contributed by atoms with Crippen LogP contribution < -0.4 is 5.32 Å². The molecule has 0 amide bonds. The van der Waals surface area contributed by atoms with Gasteiger partial charge in [0.1, 0.15) is 5.82 Å². The van der Waals surface area contributed by atoms with E-state index in [1.54, 1.807) is 0 Å². The number of morpholine rings is 1. The Balaban J connectivity index is 2.05. The summed E-state index contributed by atoms with van der Waals surface area (Å²) in [7, 11) is 2.06. The first-order valence-corrected chi connectivity index (χ1v) is 5.59. The van der Waals surface area contributed by atoms with E-state index in [2.05, 4.69) is 28.0 Å². The average molecular weight is 217 g/mol. The SMILES string of the molecule is Cn1c(C2COCCN2)nc2ccccc21. The minimum absolute atomic E-state index is 0.214. The summed E-state index contributed by atoms with van der Waals surface area (Å²) in [5, 5.41) is 3.43. The van der Waals surface area contributed by atoms with E-state index in [1.807, 2.05) is 18.2 Å². The number of ether oxygens (including phenoxy) is 1. The molecule has 0 radical (unpaired) electrons. The van der Waals surface area contributed by atoms with Gasteiger partial charge in [-0.3, -0.25) is 0 Å². The number of hydrogen-bond donors (Lipinski definition) is 1. The fourth-order valence-corrected chi connectivity index (χ4v) is 2.21. The van der Waals surface area contributed by atoms with Crippen LogP contribution in [0.2, 0.25) is 0 Å². The second-order valence-electron chi connectivity index (χ2n) is 4.10. The van der Waals surface area contributed by atoms with Gasteiger partial charge in [0.05, 0.1) is 30.3 Å². The van der Waals surface area contributed by atoms with Crippen molar-refractivity contribution in [1.82, 2.24) is 14.9 Å². The molecule has 1 fully saturated rings. The average Bonchev–Trinajstić information content (AvgIpc) is 2.69. The van der Waals surface area contributed by atoms with Gasteiger partial charge in [0, 0.05) is 13.6 Å². The lowest BCUT2D eigenvalue weighted by molar-refractivity contribution is 0.0735. The summed E-state index contributed by atoms with van der Waals surface area (Å²) < 4.78 is 7.61. The first-order valence-electron chi connectivity index (χ1n) is 5.59. The fraction of sp³-hybridized carbons (Fsp3) is 0.417. The topological polar surface area (TPSA) is 39.1 Å². The molecule has 1 saturated heterocycles. The number of aryl methyl sites for hydroxylation is 1. The quantitative estimate of drug-likeness (QED) is 0.781. The highest BCUT2D eigenvalue weighted by Crippen LogP contribution is 2.20. The normalized spacial score (nSPS) is 21.4. The molecule has 4 heteroatoms. The molecule has 1 N–H and O–H groups in total. The maximum Gasteiger partial charge on any atom is 0.129 e. The van der Waals surface area contributed by atoms with E-state index in [-0.39, 0.29) is 6.04 Å². The van der Waals surface area contributed by atoms with Crippen LogP contribution in [0, 0.1) is 0 Å². The van der Waals surface area contributed by atoms with Crippen LogP contribution in [0.5, 0.6) is 0 Å². The molecule has 0 saturated carbocycles. The first-order chi connectivity index (χ1) is 7.86. The maximum absolute atomic E-state index is 5.47. The molecule has 1 aliphatic rings. The summed E-state index contributed by atoms with van der Waals surface area (Å²) in [5.41, 5.74) is 2.22. The Bertz CT molecular complexity index is 500. The van der Waals surface area contributed by atoms with Crippen LogP contribution in [0.25, 0.3) is 11.0 Å². The van der Waals surface area contributed by atoms with Crippen LogP contribution in [-0.4, -0.2) is 29.3 Å². The summed E-state index contributed by atoms with van der Waals surface area (Å²) in [6, 6.07) is 8.41. The van der Waals surface area contributed by atoms with Gasteiger partial charge in [-0.05, 0) is 12.1 Å². The monoisotopic (exact) mass is 217 g/mol.